The molecule has 2 aliphatic rings. The van der Waals surface area contributed by atoms with Crippen LogP contribution in [0, 0.1) is 18.6 Å². The van der Waals surface area contributed by atoms with Crippen molar-refractivity contribution in [3.8, 4) is 5.75 Å². The van der Waals surface area contributed by atoms with Crippen LogP contribution >= 0.6 is 0 Å². The number of anilines is 3. The number of methoxy groups -OCH3 is 1. The fourth-order valence-corrected chi connectivity index (χ4v) is 6.86. The summed E-state index contributed by atoms with van der Waals surface area (Å²) in [4.78, 5) is 33.4. The van der Waals surface area contributed by atoms with Gasteiger partial charge >= 0.3 is 0 Å². The van der Waals surface area contributed by atoms with E-state index in [9.17, 15) is 26.8 Å². The zero-order valence-electron chi connectivity index (χ0n) is 28.7. The summed E-state index contributed by atoms with van der Waals surface area (Å²) in [6.07, 6.45) is 3.23. The van der Waals surface area contributed by atoms with Gasteiger partial charge in [0.2, 0.25) is 5.91 Å². The Hall–Kier alpha value is -5.74. The molecule has 2 heterocycles. The minimum Gasteiger partial charge on any atom is -0.495 e. The Labute approximate surface area is 294 Å². The predicted octanol–water partition coefficient (Wildman–Crippen LogP) is 3.87. The molecule has 268 valence electrons. The van der Waals surface area contributed by atoms with Crippen LogP contribution in [0.1, 0.15) is 21.5 Å². The molecule has 5 rings (SSSR count). The normalized spacial score (nSPS) is 15.6. The standard InChI is InChI=1S/C35H38F2N8O5S/c1-20-7-9-23(10-8-20)51(48,49)45-16-14-24(33(38)42-26-12-11-25(36)32(37)31(26)35(47)39-3)34(45)41-21(2)40-27-18-28-22(17-29(27)50-6)13-15-44(28)30(46)19-43(4)5/h7-12,14,16-18,40,42H,2,13,15,19,38H2,1,3-6H3,(H,39,47)/b33-24+,41-34+. The maximum Gasteiger partial charge on any atom is 0.269 e. The van der Waals surface area contributed by atoms with Crippen molar-refractivity contribution >= 4 is 44.7 Å². The Morgan fingerprint density at radius 1 is 1.08 bits per heavy atom. The fraction of sp³-hybridized carbons (Fsp3) is 0.229. The zero-order valence-corrected chi connectivity index (χ0v) is 29.5. The highest BCUT2D eigenvalue weighted by Crippen LogP contribution is 2.38. The summed E-state index contributed by atoms with van der Waals surface area (Å²) in [7, 11) is 2.09. The maximum atomic E-state index is 14.8. The van der Waals surface area contributed by atoms with Crippen molar-refractivity contribution in [2.45, 2.75) is 18.2 Å². The maximum absolute atomic E-state index is 14.8. The summed E-state index contributed by atoms with van der Waals surface area (Å²) >= 11 is 0. The van der Waals surface area contributed by atoms with E-state index < -0.39 is 33.1 Å². The molecular weight excluding hydrogens is 682 g/mol. The van der Waals surface area contributed by atoms with Crippen molar-refractivity contribution in [1.82, 2.24) is 14.5 Å². The molecule has 0 fully saturated rings. The highest BCUT2D eigenvalue weighted by atomic mass is 32.2. The van der Waals surface area contributed by atoms with Crippen molar-refractivity contribution in [2.75, 3.05) is 56.9 Å². The summed E-state index contributed by atoms with van der Waals surface area (Å²) in [5.74, 6) is -3.70. The number of hydrogen-bond donors (Lipinski definition) is 4. The first-order chi connectivity index (χ1) is 24.2. The Morgan fingerprint density at radius 2 is 1.78 bits per heavy atom. The molecule has 16 heteroatoms. The number of aryl methyl sites for hydroxylation is 1. The number of nitrogens with one attached hydrogen (secondary N) is 3. The van der Waals surface area contributed by atoms with Crippen LogP contribution in [0.15, 0.2) is 94.5 Å². The molecule has 0 aliphatic carbocycles. The smallest absolute Gasteiger partial charge is 0.269 e. The van der Waals surface area contributed by atoms with Gasteiger partial charge < -0.3 is 36.2 Å². The minimum absolute atomic E-state index is 0.0302. The number of aliphatic imine (C=N–C) groups is 1. The van der Waals surface area contributed by atoms with E-state index in [1.165, 1.54) is 38.6 Å². The first-order valence-corrected chi connectivity index (χ1v) is 17.1. The number of ether oxygens (including phenoxy) is 1. The molecule has 0 unspecified atom stereocenters. The molecule has 3 aromatic carbocycles. The first-order valence-electron chi connectivity index (χ1n) is 15.6. The third kappa shape index (κ3) is 7.41. The number of benzene rings is 3. The van der Waals surface area contributed by atoms with E-state index in [1.807, 2.05) is 27.1 Å². The third-order valence-corrected chi connectivity index (χ3v) is 9.76. The molecule has 5 N–H and O–H groups in total. The van der Waals surface area contributed by atoms with Gasteiger partial charge in [-0.25, -0.2) is 26.5 Å². The lowest BCUT2D eigenvalue weighted by Crippen LogP contribution is -2.36. The topological polar surface area (TPSA) is 162 Å². The largest absolute Gasteiger partial charge is 0.495 e. The molecule has 13 nitrogen and oxygen atoms in total. The van der Waals surface area contributed by atoms with Crippen LogP contribution in [0.2, 0.25) is 0 Å². The van der Waals surface area contributed by atoms with Gasteiger partial charge in [0.05, 0.1) is 35.5 Å². The van der Waals surface area contributed by atoms with E-state index in [0.717, 1.165) is 27.6 Å². The van der Waals surface area contributed by atoms with Crippen LogP contribution in [-0.4, -0.2) is 76.6 Å². The van der Waals surface area contributed by atoms with Gasteiger partial charge in [-0.3, -0.25) is 9.59 Å². The van der Waals surface area contributed by atoms with Crippen molar-refractivity contribution in [1.29, 1.82) is 0 Å². The second-order valence-corrected chi connectivity index (χ2v) is 13.8. The van der Waals surface area contributed by atoms with E-state index in [0.29, 0.717) is 30.1 Å². The van der Waals surface area contributed by atoms with Crippen molar-refractivity contribution < 1.29 is 31.5 Å². The van der Waals surface area contributed by atoms with Gasteiger partial charge in [0.15, 0.2) is 17.5 Å². The number of carbonyl (C=O) groups is 2. The second-order valence-electron chi connectivity index (χ2n) is 12.0. The SMILES string of the molecule is C=C(/N=C1\C(=C(/N)Nc2ccc(F)c(F)c2C(=O)NC)C=CN1S(=O)(=O)c1ccc(C)cc1)Nc1cc2c(cc1OC)CCN2C(=O)CN(C)C. The fourth-order valence-electron chi connectivity index (χ4n) is 5.57. The van der Waals surface area contributed by atoms with Crippen molar-refractivity contribution in [2.24, 2.45) is 10.7 Å². The summed E-state index contributed by atoms with van der Waals surface area (Å²) in [5.41, 5.74) is 8.49. The first kappa shape index (κ1) is 36.5. The van der Waals surface area contributed by atoms with Gasteiger partial charge in [0, 0.05) is 25.5 Å². The third-order valence-electron chi connectivity index (χ3n) is 8.08. The lowest BCUT2D eigenvalue weighted by molar-refractivity contribution is -0.119. The number of rotatable bonds is 11. The predicted molar refractivity (Wildman–Crippen MR) is 192 cm³/mol. The molecule has 3 aromatic rings. The molecule has 51 heavy (non-hydrogen) atoms. The van der Waals surface area contributed by atoms with Gasteiger partial charge in [-0.15, -0.1) is 0 Å². The Balaban J connectivity index is 1.57. The number of nitrogens with two attached hydrogens (primary N) is 1. The molecule has 0 atom stereocenters. The molecule has 0 aromatic heterocycles. The van der Waals surface area contributed by atoms with Gasteiger partial charge in [0.25, 0.3) is 15.9 Å². The number of hydrogen-bond acceptors (Lipinski definition) is 10. The average Bonchev–Trinajstić information content (AvgIpc) is 3.70. The highest BCUT2D eigenvalue weighted by Gasteiger charge is 2.34. The van der Waals surface area contributed by atoms with Gasteiger partial charge in [-0.2, -0.15) is 0 Å². The monoisotopic (exact) mass is 720 g/mol. The average molecular weight is 721 g/mol. The molecule has 2 aliphatic heterocycles. The minimum atomic E-state index is -4.27. The van der Waals surface area contributed by atoms with E-state index in [1.54, 1.807) is 28.0 Å². The number of halogens is 2. The number of likely N-dealkylation sites (N-methyl/N-ethyl adjacent to an activating group) is 1. The van der Waals surface area contributed by atoms with Gasteiger partial charge in [-0.1, -0.05) is 24.3 Å². The summed E-state index contributed by atoms with van der Waals surface area (Å²) in [6.45, 7) is 6.53. The number of amidine groups is 1. The van der Waals surface area contributed by atoms with E-state index >= 15 is 0 Å². The summed E-state index contributed by atoms with van der Waals surface area (Å²) in [6, 6.07) is 11.7. The summed E-state index contributed by atoms with van der Waals surface area (Å²) < 4.78 is 63.3. The number of sulfonamides is 1. The van der Waals surface area contributed by atoms with E-state index in [2.05, 4.69) is 27.5 Å². The Kier molecular flexibility index (Phi) is 10.5. The number of carbonyl (C=O) groups excluding carboxylic acids is 2. The van der Waals surface area contributed by atoms with Crippen LogP contribution in [0.5, 0.6) is 5.75 Å². The van der Waals surface area contributed by atoms with Crippen LogP contribution in [0.4, 0.5) is 25.8 Å². The van der Waals surface area contributed by atoms with E-state index in [4.69, 9.17) is 10.5 Å². The molecular formula is C35H38F2N8O5S. The molecule has 0 spiro atoms. The van der Waals surface area contributed by atoms with Crippen LogP contribution < -0.4 is 31.3 Å². The molecule has 0 radical (unpaired) electrons. The van der Waals surface area contributed by atoms with Crippen LogP contribution in [0.25, 0.3) is 0 Å². The zero-order chi connectivity index (χ0) is 37.2. The second kappa shape index (κ2) is 14.6. The Morgan fingerprint density at radius 3 is 2.43 bits per heavy atom. The quantitative estimate of drug-likeness (QED) is 0.231. The van der Waals surface area contributed by atoms with E-state index in [-0.39, 0.29) is 46.1 Å². The highest BCUT2D eigenvalue weighted by molar-refractivity contribution is 7.89. The number of nitrogens with zero attached hydrogens (tertiary/aromatic N) is 4. The van der Waals surface area contributed by atoms with Gasteiger partial charge in [-0.05, 0) is 75.5 Å². The summed E-state index contributed by atoms with van der Waals surface area (Å²) in [5, 5.41) is 8.03. The molecule has 0 saturated heterocycles. The van der Waals surface area contributed by atoms with Crippen molar-refractivity contribution in [3.05, 3.63) is 113 Å². The number of fused-ring (bicyclic) bond motifs is 1. The molecule has 0 bridgehead atoms. The lowest BCUT2D eigenvalue weighted by atomic mass is 10.1. The molecule has 2 amide bonds. The van der Waals surface area contributed by atoms with Gasteiger partial charge in [0.1, 0.15) is 23.0 Å². The molecule has 0 saturated carbocycles. The van der Waals surface area contributed by atoms with Crippen LogP contribution in [0.3, 0.4) is 0 Å². The van der Waals surface area contributed by atoms with Crippen molar-refractivity contribution in [3.63, 3.8) is 0 Å². The lowest BCUT2D eigenvalue weighted by Gasteiger charge is -2.22. The number of amides is 2. The Bertz CT molecular complexity index is 2110. The van der Waals surface area contributed by atoms with Crippen LogP contribution in [-0.2, 0) is 21.2 Å².